The average Bonchev–Trinajstić information content (AvgIpc) is 2.45. The molecule has 6 heteroatoms. The lowest BCUT2D eigenvalue weighted by atomic mass is 10.1. The normalized spacial score (nSPS) is 12.3. The van der Waals surface area contributed by atoms with Gasteiger partial charge in [0.25, 0.3) is 0 Å². The van der Waals surface area contributed by atoms with Crippen molar-refractivity contribution in [3.05, 3.63) is 29.3 Å². The van der Waals surface area contributed by atoms with Crippen molar-refractivity contribution < 1.29 is 13.2 Å². The molecule has 1 rings (SSSR count). The van der Waals surface area contributed by atoms with Crippen molar-refractivity contribution in [1.29, 1.82) is 0 Å². The second kappa shape index (κ2) is 7.89. The fourth-order valence-electron chi connectivity index (χ4n) is 2.01. The predicted molar refractivity (Wildman–Crippen MR) is 84.6 cm³/mol. The summed E-state index contributed by atoms with van der Waals surface area (Å²) >= 11 is 0. The number of likely N-dealkylation sites (N-methyl/N-ethyl adjacent to an activating group) is 1. The smallest absolute Gasteiger partial charge is 0.242 e. The van der Waals surface area contributed by atoms with Crippen LogP contribution in [0.1, 0.15) is 31.9 Å². The fraction of sp³-hybridized carbons (Fsp3) is 0.600. The Kier molecular flexibility index (Phi) is 6.80. The maximum atomic E-state index is 12.5. The second-order valence-electron chi connectivity index (χ2n) is 5.23. The van der Waals surface area contributed by atoms with Crippen molar-refractivity contribution in [1.82, 2.24) is 4.31 Å². The Morgan fingerprint density at radius 3 is 2.48 bits per heavy atom. The second-order valence-corrected chi connectivity index (χ2v) is 7.28. The molecule has 0 spiro atoms. The minimum Gasteiger partial charge on any atom is -0.377 e. The molecular weight excluding hydrogens is 288 g/mol. The Hall–Kier alpha value is -0.950. The van der Waals surface area contributed by atoms with Gasteiger partial charge < -0.3 is 10.5 Å². The number of sulfonamides is 1. The number of nitrogens with two attached hydrogens (primary N) is 1. The molecule has 0 unspecified atom stereocenters. The number of aryl methyl sites for hydroxylation is 1. The van der Waals surface area contributed by atoms with Crippen molar-refractivity contribution in [3.63, 3.8) is 0 Å². The van der Waals surface area contributed by atoms with Crippen LogP contribution in [0.3, 0.4) is 0 Å². The van der Waals surface area contributed by atoms with E-state index in [1.807, 2.05) is 26.8 Å². The minimum atomic E-state index is -3.50. The maximum Gasteiger partial charge on any atom is 0.242 e. The van der Waals surface area contributed by atoms with E-state index in [2.05, 4.69) is 0 Å². The number of benzene rings is 1. The molecule has 21 heavy (non-hydrogen) atoms. The van der Waals surface area contributed by atoms with E-state index < -0.39 is 10.0 Å². The first-order valence-electron chi connectivity index (χ1n) is 7.22. The molecule has 0 amide bonds. The van der Waals surface area contributed by atoms with Gasteiger partial charge in [0.15, 0.2) is 0 Å². The molecule has 0 aliphatic rings. The molecule has 5 nitrogen and oxygen atoms in total. The Balaban J connectivity index is 2.91. The molecule has 0 atom stereocenters. The van der Waals surface area contributed by atoms with Gasteiger partial charge in [0, 0.05) is 20.1 Å². The monoisotopic (exact) mass is 314 g/mol. The first-order valence-corrected chi connectivity index (χ1v) is 8.66. The van der Waals surface area contributed by atoms with Gasteiger partial charge in [-0.05, 0) is 43.5 Å². The number of ether oxygens (including phenoxy) is 1. The van der Waals surface area contributed by atoms with Gasteiger partial charge in [0.05, 0.1) is 17.6 Å². The first-order chi connectivity index (χ1) is 9.82. The van der Waals surface area contributed by atoms with Crippen LogP contribution >= 0.6 is 0 Å². The summed E-state index contributed by atoms with van der Waals surface area (Å²) in [6.45, 7) is 6.92. The highest BCUT2D eigenvalue weighted by molar-refractivity contribution is 7.89. The van der Waals surface area contributed by atoms with Gasteiger partial charge in [-0.15, -0.1) is 0 Å². The van der Waals surface area contributed by atoms with Crippen LogP contribution < -0.4 is 5.73 Å². The van der Waals surface area contributed by atoms with E-state index in [0.717, 1.165) is 17.5 Å². The Bertz CT molecular complexity index is 556. The molecule has 0 aliphatic carbocycles. The predicted octanol–water partition coefficient (Wildman–Crippen LogP) is 1.75. The van der Waals surface area contributed by atoms with E-state index in [4.69, 9.17) is 10.5 Å². The molecule has 0 aliphatic heterocycles. The third-order valence-electron chi connectivity index (χ3n) is 3.34. The van der Waals surface area contributed by atoms with E-state index in [1.54, 1.807) is 19.2 Å². The lowest BCUT2D eigenvalue weighted by molar-refractivity contribution is 0.0737. The first kappa shape index (κ1) is 18.1. The van der Waals surface area contributed by atoms with Gasteiger partial charge in [-0.3, -0.25) is 0 Å². The van der Waals surface area contributed by atoms with Gasteiger partial charge in [0.2, 0.25) is 10.0 Å². The quantitative estimate of drug-likeness (QED) is 0.793. The summed E-state index contributed by atoms with van der Waals surface area (Å²) in [5.41, 5.74) is 7.66. The van der Waals surface area contributed by atoms with Crippen LogP contribution in [-0.4, -0.2) is 39.0 Å². The fourth-order valence-corrected chi connectivity index (χ4v) is 3.22. The van der Waals surface area contributed by atoms with Gasteiger partial charge >= 0.3 is 0 Å². The number of rotatable bonds is 8. The number of nitrogens with zero attached hydrogens (tertiary/aromatic N) is 1. The van der Waals surface area contributed by atoms with E-state index in [9.17, 15) is 8.42 Å². The van der Waals surface area contributed by atoms with Crippen LogP contribution in [0.25, 0.3) is 0 Å². The van der Waals surface area contributed by atoms with E-state index in [1.165, 1.54) is 4.31 Å². The largest absolute Gasteiger partial charge is 0.377 e. The lowest BCUT2D eigenvalue weighted by Gasteiger charge is -2.19. The molecule has 0 bridgehead atoms. The van der Waals surface area contributed by atoms with E-state index in [-0.39, 0.29) is 11.0 Å². The summed E-state index contributed by atoms with van der Waals surface area (Å²) in [5.74, 6) is 0. The van der Waals surface area contributed by atoms with E-state index >= 15 is 0 Å². The zero-order valence-corrected chi connectivity index (χ0v) is 14.1. The number of hydrogen-bond acceptors (Lipinski definition) is 4. The summed E-state index contributed by atoms with van der Waals surface area (Å²) in [6.07, 6.45) is 0.930. The average molecular weight is 314 g/mol. The molecule has 0 fully saturated rings. The highest BCUT2D eigenvalue weighted by Gasteiger charge is 2.21. The Morgan fingerprint density at radius 1 is 1.29 bits per heavy atom. The van der Waals surface area contributed by atoms with Crippen LogP contribution in [0.4, 0.5) is 0 Å². The van der Waals surface area contributed by atoms with Crippen LogP contribution in [0.2, 0.25) is 0 Å². The van der Waals surface area contributed by atoms with Crippen LogP contribution in [0, 0.1) is 0 Å². The molecule has 0 saturated heterocycles. The van der Waals surface area contributed by atoms with Crippen molar-refractivity contribution in [3.8, 4) is 0 Å². The van der Waals surface area contributed by atoms with Gasteiger partial charge in [-0.2, -0.15) is 4.31 Å². The molecule has 0 radical (unpaired) electrons. The molecule has 2 N–H and O–H groups in total. The number of hydrogen-bond donors (Lipinski definition) is 1. The maximum absolute atomic E-state index is 12.5. The van der Waals surface area contributed by atoms with Crippen LogP contribution in [0.5, 0.6) is 0 Å². The van der Waals surface area contributed by atoms with Gasteiger partial charge in [0.1, 0.15) is 0 Å². The molecule has 1 aromatic rings. The zero-order valence-electron chi connectivity index (χ0n) is 13.3. The van der Waals surface area contributed by atoms with Crippen molar-refractivity contribution in [2.45, 2.75) is 44.7 Å². The van der Waals surface area contributed by atoms with Crippen molar-refractivity contribution in [2.75, 3.05) is 20.2 Å². The molecule has 0 aromatic heterocycles. The molecule has 120 valence electrons. The lowest BCUT2D eigenvalue weighted by Crippen LogP contribution is -2.31. The Morgan fingerprint density at radius 2 is 1.95 bits per heavy atom. The third kappa shape index (κ3) is 4.78. The summed E-state index contributed by atoms with van der Waals surface area (Å²) in [4.78, 5) is 0.284. The molecule has 0 heterocycles. The van der Waals surface area contributed by atoms with E-state index in [0.29, 0.717) is 19.7 Å². The van der Waals surface area contributed by atoms with Crippen molar-refractivity contribution in [2.24, 2.45) is 5.73 Å². The highest BCUT2D eigenvalue weighted by atomic mass is 32.2. The minimum absolute atomic E-state index is 0.0915. The van der Waals surface area contributed by atoms with Crippen LogP contribution in [0.15, 0.2) is 23.1 Å². The highest BCUT2D eigenvalue weighted by Crippen LogP contribution is 2.19. The summed E-state index contributed by atoms with van der Waals surface area (Å²) < 4.78 is 31.7. The summed E-state index contributed by atoms with van der Waals surface area (Å²) in [5, 5.41) is 0. The summed E-state index contributed by atoms with van der Waals surface area (Å²) in [6, 6.07) is 5.16. The third-order valence-corrected chi connectivity index (χ3v) is 5.20. The molecule has 1 aromatic carbocycles. The SMILES string of the molecule is CCc1ccc(S(=O)(=O)N(C)CCOC(C)C)cc1CN. The topological polar surface area (TPSA) is 72.6 Å². The van der Waals surface area contributed by atoms with Gasteiger partial charge in [-0.25, -0.2) is 8.42 Å². The Labute approximate surface area is 128 Å². The van der Waals surface area contributed by atoms with Crippen LogP contribution in [-0.2, 0) is 27.7 Å². The summed E-state index contributed by atoms with van der Waals surface area (Å²) in [7, 11) is -1.93. The zero-order chi connectivity index (χ0) is 16.0. The molecular formula is C15H26N2O3S. The van der Waals surface area contributed by atoms with Crippen molar-refractivity contribution >= 4 is 10.0 Å². The molecule has 0 saturated carbocycles. The van der Waals surface area contributed by atoms with Gasteiger partial charge in [-0.1, -0.05) is 13.0 Å². The standard InChI is InChI=1S/C15H26N2O3S/c1-5-13-6-7-15(10-14(13)11-16)21(18,19)17(4)8-9-20-12(2)3/h6-7,10,12H,5,8-9,11,16H2,1-4H3.